The summed E-state index contributed by atoms with van der Waals surface area (Å²) in [6.07, 6.45) is 4.99. The van der Waals surface area contributed by atoms with E-state index in [-0.39, 0.29) is 23.6 Å². The van der Waals surface area contributed by atoms with E-state index < -0.39 is 6.04 Å². The summed E-state index contributed by atoms with van der Waals surface area (Å²) in [4.78, 5) is 28.3. The molecule has 1 aliphatic carbocycles. The molecule has 6 nitrogen and oxygen atoms in total. The Morgan fingerprint density at radius 3 is 2.52 bits per heavy atom. The van der Waals surface area contributed by atoms with Gasteiger partial charge in [0.15, 0.2) is 5.69 Å². The van der Waals surface area contributed by atoms with Gasteiger partial charge in [-0.25, -0.2) is 0 Å². The molecule has 0 saturated heterocycles. The minimum atomic E-state index is -0.735. The topological polar surface area (TPSA) is 75.2 Å². The van der Waals surface area contributed by atoms with Crippen LogP contribution in [0.2, 0.25) is 5.02 Å². The number of nitrogens with one attached hydrogen (secondary N) is 1. The van der Waals surface area contributed by atoms with Crippen LogP contribution in [-0.2, 0) is 4.79 Å². The molecule has 0 radical (unpaired) electrons. The zero-order valence-electron chi connectivity index (χ0n) is 16.8. The molecule has 1 saturated carbocycles. The maximum atomic E-state index is 13.4. The van der Waals surface area contributed by atoms with Crippen LogP contribution >= 0.6 is 23.1 Å². The molecule has 156 valence electrons. The first kappa shape index (κ1) is 21.7. The molecule has 0 aliphatic heterocycles. The molecule has 1 aromatic heterocycles. The number of aromatic nitrogens is 2. The summed E-state index contributed by atoms with van der Waals surface area (Å²) >= 11 is 7.19. The van der Waals surface area contributed by atoms with Crippen LogP contribution in [-0.4, -0.2) is 38.9 Å². The van der Waals surface area contributed by atoms with E-state index in [1.54, 1.807) is 22.4 Å². The SMILES string of the molecule is CC(C)CCN(C(=O)c1csnn1)C(C(=O)NC1CCCC1)c1ccc(Cl)cc1. The number of amides is 2. The van der Waals surface area contributed by atoms with Crippen molar-refractivity contribution < 1.29 is 9.59 Å². The number of benzene rings is 1. The monoisotopic (exact) mass is 434 g/mol. The van der Waals surface area contributed by atoms with Crippen molar-refractivity contribution in [1.82, 2.24) is 19.8 Å². The first-order valence-corrected chi connectivity index (χ1v) is 11.3. The zero-order chi connectivity index (χ0) is 20.8. The van der Waals surface area contributed by atoms with E-state index >= 15 is 0 Å². The van der Waals surface area contributed by atoms with Gasteiger partial charge in [-0.1, -0.05) is 54.9 Å². The predicted molar refractivity (Wildman–Crippen MR) is 115 cm³/mol. The second-order valence-corrected chi connectivity index (χ2v) is 8.96. The molecule has 0 bridgehead atoms. The van der Waals surface area contributed by atoms with Crippen LogP contribution < -0.4 is 5.32 Å². The van der Waals surface area contributed by atoms with Crippen molar-refractivity contribution >= 4 is 34.9 Å². The average molecular weight is 435 g/mol. The number of hydrogen-bond acceptors (Lipinski definition) is 5. The van der Waals surface area contributed by atoms with Gasteiger partial charge in [-0.3, -0.25) is 9.59 Å². The Morgan fingerprint density at radius 2 is 1.93 bits per heavy atom. The van der Waals surface area contributed by atoms with Gasteiger partial charge in [-0.05, 0) is 54.4 Å². The molecule has 0 spiro atoms. The Hall–Kier alpha value is -1.99. The smallest absolute Gasteiger partial charge is 0.276 e. The predicted octanol–water partition coefficient (Wildman–Crippen LogP) is 4.48. The fourth-order valence-corrected chi connectivity index (χ4v) is 4.17. The molecular formula is C21H27ClN4O2S. The minimum absolute atomic E-state index is 0.153. The quantitative estimate of drug-likeness (QED) is 0.664. The fourth-order valence-electron chi connectivity index (χ4n) is 3.62. The van der Waals surface area contributed by atoms with E-state index in [1.165, 1.54) is 0 Å². The highest BCUT2D eigenvalue weighted by molar-refractivity contribution is 7.03. The highest BCUT2D eigenvalue weighted by atomic mass is 35.5. The van der Waals surface area contributed by atoms with Gasteiger partial charge in [0, 0.05) is 23.0 Å². The maximum absolute atomic E-state index is 13.4. The van der Waals surface area contributed by atoms with E-state index in [1.807, 2.05) is 12.1 Å². The standard InChI is InChI=1S/C21H27ClN4O2S/c1-14(2)11-12-26(21(28)18-13-29-25-24-18)19(15-7-9-16(22)10-8-15)20(27)23-17-5-3-4-6-17/h7-10,13-14,17,19H,3-6,11-12H2,1-2H3,(H,23,27). The summed E-state index contributed by atoms with van der Waals surface area (Å²) in [6.45, 7) is 4.66. The summed E-state index contributed by atoms with van der Waals surface area (Å²) in [5.74, 6) is -0.0388. The maximum Gasteiger partial charge on any atom is 0.276 e. The number of carbonyl (C=O) groups is 2. The third-order valence-corrected chi connectivity index (χ3v) is 5.99. The van der Waals surface area contributed by atoms with Gasteiger partial charge in [0.05, 0.1) is 0 Å². The molecule has 29 heavy (non-hydrogen) atoms. The number of carbonyl (C=O) groups excluding carboxylic acids is 2. The lowest BCUT2D eigenvalue weighted by molar-refractivity contribution is -0.126. The van der Waals surface area contributed by atoms with Crippen molar-refractivity contribution in [3.8, 4) is 0 Å². The summed E-state index contributed by atoms with van der Waals surface area (Å²) in [5.41, 5.74) is 1.01. The fraction of sp³-hybridized carbons (Fsp3) is 0.524. The Bertz CT molecular complexity index is 805. The third kappa shape index (κ3) is 5.76. The largest absolute Gasteiger partial charge is 0.351 e. The highest BCUT2D eigenvalue weighted by Gasteiger charge is 2.34. The van der Waals surface area contributed by atoms with Crippen LogP contribution in [0.4, 0.5) is 0 Å². The molecule has 1 N–H and O–H groups in total. The van der Waals surface area contributed by atoms with Crippen molar-refractivity contribution in [3.05, 3.63) is 45.9 Å². The Kier molecular flexibility index (Phi) is 7.61. The van der Waals surface area contributed by atoms with Crippen LogP contribution in [0.3, 0.4) is 0 Å². The van der Waals surface area contributed by atoms with Crippen LogP contribution in [0, 0.1) is 5.92 Å². The van der Waals surface area contributed by atoms with E-state index in [9.17, 15) is 9.59 Å². The number of nitrogens with zero attached hydrogens (tertiary/aromatic N) is 3. The van der Waals surface area contributed by atoms with Crippen LogP contribution in [0.5, 0.6) is 0 Å². The molecule has 8 heteroatoms. The minimum Gasteiger partial charge on any atom is -0.351 e. The molecule has 1 fully saturated rings. The first-order valence-electron chi connectivity index (χ1n) is 10.1. The van der Waals surface area contributed by atoms with Crippen molar-refractivity contribution in [2.24, 2.45) is 5.92 Å². The second kappa shape index (κ2) is 10.2. The summed E-state index contributed by atoms with van der Waals surface area (Å²) in [7, 11) is 0. The van der Waals surface area contributed by atoms with Crippen molar-refractivity contribution in [2.45, 2.75) is 58.0 Å². The van der Waals surface area contributed by atoms with E-state index in [4.69, 9.17) is 11.6 Å². The van der Waals surface area contributed by atoms with Gasteiger partial charge in [-0.15, -0.1) is 5.10 Å². The van der Waals surface area contributed by atoms with E-state index in [2.05, 4.69) is 28.8 Å². The van der Waals surface area contributed by atoms with Gasteiger partial charge in [0.2, 0.25) is 5.91 Å². The Balaban J connectivity index is 1.94. The molecule has 2 aromatic rings. The van der Waals surface area contributed by atoms with Gasteiger partial charge < -0.3 is 10.2 Å². The lowest BCUT2D eigenvalue weighted by Crippen LogP contribution is -2.46. The van der Waals surface area contributed by atoms with Crippen LogP contribution in [0.1, 0.15) is 68.0 Å². The van der Waals surface area contributed by atoms with E-state index in [0.717, 1.165) is 49.2 Å². The van der Waals surface area contributed by atoms with Crippen molar-refractivity contribution in [3.63, 3.8) is 0 Å². The van der Waals surface area contributed by atoms with Gasteiger partial charge >= 0.3 is 0 Å². The first-order chi connectivity index (χ1) is 14.0. The molecular weight excluding hydrogens is 408 g/mol. The number of halogens is 1. The molecule has 1 unspecified atom stereocenters. The molecule has 1 atom stereocenters. The summed E-state index contributed by atoms with van der Waals surface area (Å²) in [5, 5.41) is 9.32. The van der Waals surface area contributed by atoms with Gasteiger partial charge in [0.1, 0.15) is 6.04 Å². The highest BCUT2D eigenvalue weighted by Crippen LogP contribution is 2.27. The van der Waals surface area contributed by atoms with Gasteiger partial charge in [0.25, 0.3) is 5.91 Å². The Labute approximate surface area is 180 Å². The zero-order valence-corrected chi connectivity index (χ0v) is 18.4. The number of hydrogen-bond donors (Lipinski definition) is 1. The molecule has 2 amide bonds. The lowest BCUT2D eigenvalue weighted by Gasteiger charge is -2.32. The molecule has 1 heterocycles. The average Bonchev–Trinajstić information content (AvgIpc) is 3.39. The summed E-state index contributed by atoms with van der Waals surface area (Å²) < 4.78 is 3.82. The third-order valence-electron chi connectivity index (χ3n) is 5.23. The Morgan fingerprint density at radius 1 is 1.24 bits per heavy atom. The molecule has 1 aromatic carbocycles. The lowest BCUT2D eigenvalue weighted by atomic mass is 10.0. The van der Waals surface area contributed by atoms with Crippen molar-refractivity contribution in [1.29, 1.82) is 0 Å². The normalized spacial score (nSPS) is 15.4. The van der Waals surface area contributed by atoms with Crippen LogP contribution in [0.15, 0.2) is 29.6 Å². The summed E-state index contributed by atoms with van der Waals surface area (Å²) in [6, 6.07) is 6.57. The molecule has 1 aliphatic rings. The van der Waals surface area contributed by atoms with Crippen LogP contribution in [0.25, 0.3) is 0 Å². The molecule has 3 rings (SSSR count). The van der Waals surface area contributed by atoms with Crippen molar-refractivity contribution in [2.75, 3.05) is 6.54 Å². The van der Waals surface area contributed by atoms with Gasteiger partial charge in [-0.2, -0.15) is 0 Å². The number of rotatable bonds is 8. The second-order valence-electron chi connectivity index (χ2n) is 7.92. The van der Waals surface area contributed by atoms with E-state index in [0.29, 0.717) is 17.5 Å².